The quantitative estimate of drug-likeness (QED) is 0.625. The normalized spacial score (nSPS) is 19.1. The van der Waals surface area contributed by atoms with E-state index in [0.29, 0.717) is 26.4 Å². The minimum absolute atomic E-state index is 0.526. The van der Waals surface area contributed by atoms with Crippen LogP contribution in [-0.2, 0) is 14.3 Å². The lowest BCUT2D eigenvalue weighted by molar-refractivity contribution is -0.146. The van der Waals surface area contributed by atoms with Crippen molar-refractivity contribution in [2.45, 2.75) is 37.6 Å². The predicted octanol–water partition coefficient (Wildman–Crippen LogP) is 1.03. The number of carbonyl (C=O) groups is 1. The van der Waals surface area contributed by atoms with Crippen molar-refractivity contribution in [2.24, 2.45) is 0 Å². The second-order valence-electron chi connectivity index (χ2n) is 4.48. The first kappa shape index (κ1) is 14.4. The number of rotatable bonds is 8. The molecule has 5 heteroatoms. The monoisotopic (exact) mass is 245 g/mol. The number of hydrogen-bond acceptors (Lipinski definition) is 4. The van der Waals surface area contributed by atoms with E-state index in [1.165, 1.54) is 0 Å². The Balaban J connectivity index is 2.23. The molecule has 1 aliphatic rings. The Morgan fingerprint density at radius 2 is 1.94 bits per heavy atom. The third-order valence-corrected chi connectivity index (χ3v) is 3.26. The van der Waals surface area contributed by atoms with Gasteiger partial charge < -0.3 is 14.6 Å². The van der Waals surface area contributed by atoms with Gasteiger partial charge in [0, 0.05) is 13.7 Å². The number of methoxy groups -OCH3 is 1. The molecule has 0 unspecified atom stereocenters. The number of aliphatic carboxylic acids is 1. The fourth-order valence-corrected chi connectivity index (χ4v) is 2.23. The molecule has 0 radical (unpaired) electrons. The van der Waals surface area contributed by atoms with Gasteiger partial charge in [-0.3, -0.25) is 10.1 Å². The standard InChI is InChI=1S/C12H23NO4/c1-16-9-10-17-8-7-13-12(11(14)15)5-3-2-4-6-12/h13H,2-10H2,1H3,(H,14,15). The molecule has 2 N–H and O–H groups in total. The lowest BCUT2D eigenvalue weighted by Crippen LogP contribution is -2.54. The molecule has 0 saturated heterocycles. The fraction of sp³-hybridized carbons (Fsp3) is 0.917. The molecule has 5 nitrogen and oxygen atoms in total. The fourth-order valence-electron chi connectivity index (χ4n) is 2.23. The smallest absolute Gasteiger partial charge is 0.323 e. The Labute approximate surface area is 102 Å². The summed E-state index contributed by atoms with van der Waals surface area (Å²) in [4.78, 5) is 11.3. The summed E-state index contributed by atoms with van der Waals surface area (Å²) < 4.78 is 10.2. The van der Waals surface area contributed by atoms with Crippen molar-refractivity contribution in [3.8, 4) is 0 Å². The number of carboxylic acids is 1. The van der Waals surface area contributed by atoms with E-state index in [1.54, 1.807) is 7.11 Å². The lowest BCUT2D eigenvalue weighted by Gasteiger charge is -2.34. The van der Waals surface area contributed by atoms with Crippen molar-refractivity contribution in [3.63, 3.8) is 0 Å². The first-order chi connectivity index (χ1) is 8.21. The topological polar surface area (TPSA) is 67.8 Å². The van der Waals surface area contributed by atoms with E-state index in [2.05, 4.69) is 5.32 Å². The van der Waals surface area contributed by atoms with Crippen molar-refractivity contribution in [1.29, 1.82) is 0 Å². The molecule has 17 heavy (non-hydrogen) atoms. The van der Waals surface area contributed by atoms with Gasteiger partial charge >= 0.3 is 5.97 Å². The van der Waals surface area contributed by atoms with Crippen molar-refractivity contribution < 1.29 is 19.4 Å². The average molecular weight is 245 g/mol. The third-order valence-electron chi connectivity index (χ3n) is 3.26. The first-order valence-electron chi connectivity index (χ1n) is 6.26. The van der Waals surface area contributed by atoms with Gasteiger partial charge in [0.1, 0.15) is 5.54 Å². The van der Waals surface area contributed by atoms with E-state index in [4.69, 9.17) is 9.47 Å². The highest BCUT2D eigenvalue weighted by atomic mass is 16.5. The molecule has 0 aromatic carbocycles. The highest BCUT2D eigenvalue weighted by molar-refractivity contribution is 5.78. The van der Waals surface area contributed by atoms with E-state index in [9.17, 15) is 9.90 Å². The zero-order valence-electron chi connectivity index (χ0n) is 10.5. The van der Waals surface area contributed by atoms with Gasteiger partial charge in [-0.15, -0.1) is 0 Å². The molecule has 0 bridgehead atoms. The molecule has 1 fully saturated rings. The molecule has 0 aliphatic heterocycles. The molecule has 100 valence electrons. The number of nitrogens with one attached hydrogen (secondary N) is 1. The van der Waals surface area contributed by atoms with Gasteiger partial charge in [-0.1, -0.05) is 19.3 Å². The van der Waals surface area contributed by atoms with Crippen LogP contribution in [0, 0.1) is 0 Å². The largest absolute Gasteiger partial charge is 0.480 e. The highest BCUT2D eigenvalue weighted by Gasteiger charge is 2.38. The maximum atomic E-state index is 11.3. The summed E-state index contributed by atoms with van der Waals surface area (Å²) in [6.45, 7) is 2.23. The van der Waals surface area contributed by atoms with Crippen molar-refractivity contribution in [3.05, 3.63) is 0 Å². The molecule has 0 spiro atoms. The number of hydrogen-bond donors (Lipinski definition) is 2. The Bertz CT molecular complexity index is 227. The van der Waals surface area contributed by atoms with E-state index < -0.39 is 11.5 Å². The molecule has 0 amide bonds. The van der Waals surface area contributed by atoms with Crippen LogP contribution in [0.5, 0.6) is 0 Å². The van der Waals surface area contributed by atoms with Crippen molar-refractivity contribution in [1.82, 2.24) is 5.32 Å². The van der Waals surface area contributed by atoms with Crippen LogP contribution in [0.1, 0.15) is 32.1 Å². The van der Waals surface area contributed by atoms with Crippen molar-refractivity contribution >= 4 is 5.97 Å². The van der Waals surface area contributed by atoms with Crippen LogP contribution in [0.25, 0.3) is 0 Å². The van der Waals surface area contributed by atoms with E-state index >= 15 is 0 Å². The summed E-state index contributed by atoms with van der Waals surface area (Å²) in [5, 5.41) is 12.5. The molecule has 0 heterocycles. The van der Waals surface area contributed by atoms with Crippen LogP contribution in [0.2, 0.25) is 0 Å². The molecule has 1 rings (SSSR count). The van der Waals surface area contributed by atoms with Gasteiger partial charge in [0.15, 0.2) is 0 Å². The van der Waals surface area contributed by atoms with Crippen LogP contribution in [-0.4, -0.2) is 50.1 Å². The lowest BCUT2D eigenvalue weighted by atomic mass is 9.82. The van der Waals surface area contributed by atoms with Crippen LogP contribution in [0.4, 0.5) is 0 Å². The van der Waals surface area contributed by atoms with E-state index in [-0.39, 0.29) is 0 Å². The van der Waals surface area contributed by atoms with Crippen LogP contribution in [0.3, 0.4) is 0 Å². The maximum absolute atomic E-state index is 11.3. The maximum Gasteiger partial charge on any atom is 0.323 e. The van der Waals surface area contributed by atoms with Crippen molar-refractivity contribution in [2.75, 3.05) is 33.5 Å². The minimum Gasteiger partial charge on any atom is -0.480 e. The molecular formula is C12H23NO4. The number of carboxylic acid groups (broad SMARTS) is 1. The van der Waals surface area contributed by atoms with E-state index in [1.807, 2.05) is 0 Å². The summed E-state index contributed by atoms with van der Waals surface area (Å²) in [6, 6.07) is 0. The van der Waals surface area contributed by atoms with Gasteiger partial charge in [-0.25, -0.2) is 0 Å². The predicted molar refractivity (Wildman–Crippen MR) is 64.1 cm³/mol. The summed E-state index contributed by atoms with van der Waals surface area (Å²) >= 11 is 0. The zero-order chi connectivity index (χ0) is 12.6. The van der Waals surface area contributed by atoms with Gasteiger partial charge in [-0.2, -0.15) is 0 Å². The molecule has 1 aliphatic carbocycles. The Kier molecular flexibility index (Phi) is 6.47. The van der Waals surface area contributed by atoms with Gasteiger partial charge in [0.05, 0.1) is 19.8 Å². The van der Waals surface area contributed by atoms with E-state index in [0.717, 1.165) is 32.1 Å². The third kappa shape index (κ3) is 4.61. The SMILES string of the molecule is COCCOCCNC1(C(=O)O)CCCCC1. The summed E-state index contributed by atoms with van der Waals surface area (Å²) in [5.41, 5.74) is -0.719. The Hall–Kier alpha value is -0.650. The molecule has 0 aromatic rings. The summed E-state index contributed by atoms with van der Waals surface area (Å²) in [7, 11) is 1.63. The molecule has 0 atom stereocenters. The number of ether oxygens (including phenoxy) is 2. The molecule has 0 aromatic heterocycles. The minimum atomic E-state index is -0.728. The van der Waals surface area contributed by atoms with Crippen LogP contribution >= 0.6 is 0 Å². The van der Waals surface area contributed by atoms with Gasteiger partial charge in [0.25, 0.3) is 0 Å². The second kappa shape index (κ2) is 7.63. The van der Waals surface area contributed by atoms with Gasteiger partial charge in [0.2, 0.25) is 0 Å². The zero-order valence-corrected chi connectivity index (χ0v) is 10.5. The summed E-state index contributed by atoms with van der Waals surface area (Å²) in [6.07, 6.45) is 4.57. The average Bonchev–Trinajstić information content (AvgIpc) is 2.34. The second-order valence-corrected chi connectivity index (χ2v) is 4.48. The highest BCUT2D eigenvalue weighted by Crippen LogP contribution is 2.28. The molecular weight excluding hydrogens is 222 g/mol. The van der Waals surface area contributed by atoms with Crippen LogP contribution in [0.15, 0.2) is 0 Å². The Morgan fingerprint density at radius 3 is 2.53 bits per heavy atom. The Morgan fingerprint density at radius 1 is 1.24 bits per heavy atom. The molecule has 1 saturated carbocycles. The summed E-state index contributed by atoms with van der Waals surface area (Å²) in [5.74, 6) is -0.728. The van der Waals surface area contributed by atoms with Crippen LogP contribution < -0.4 is 5.32 Å². The first-order valence-corrected chi connectivity index (χ1v) is 6.26. The van der Waals surface area contributed by atoms with Gasteiger partial charge in [-0.05, 0) is 12.8 Å².